The standard InChI is InChI=1S/C54H41NS/c1-53(2)43-21-10-5-18-38(43)41-32-34(28-30-45(41)53)36-16-7-12-24-47(36)55(49-26-15-23-46-52(49)40-20-6-11-22-44(40)54(46,3)4)48-25-13-8-17-37(48)35-29-31-51-42(33-35)39-19-9-14-27-50(39)56-51/h5-33H,1-4H3. The number of para-hydroxylation sites is 2. The molecule has 8 aromatic carbocycles. The maximum absolute atomic E-state index is 2.56. The first-order valence-corrected chi connectivity index (χ1v) is 20.5. The topological polar surface area (TPSA) is 3.24 Å². The Kier molecular flexibility index (Phi) is 7.18. The molecule has 0 aliphatic heterocycles. The summed E-state index contributed by atoms with van der Waals surface area (Å²) in [5.41, 5.74) is 19.0. The van der Waals surface area contributed by atoms with Crippen LogP contribution in [0.4, 0.5) is 17.1 Å². The summed E-state index contributed by atoms with van der Waals surface area (Å²) in [7, 11) is 0. The Morgan fingerprint density at radius 1 is 0.357 bits per heavy atom. The summed E-state index contributed by atoms with van der Waals surface area (Å²) >= 11 is 1.87. The summed E-state index contributed by atoms with van der Waals surface area (Å²) in [6.45, 7) is 9.46. The van der Waals surface area contributed by atoms with Crippen molar-refractivity contribution >= 4 is 48.6 Å². The average molecular weight is 736 g/mol. The molecular formula is C54H41NS. The predicted molar refractivity (Wildman–Crippen MR) is 240 cm³/mol. The number of hydrogen-bond acceptors (Lipinski definition) is 2. The van der Waals surface area contributed by atoms with Crippen molar-refractivity contribution in [2.75, 3.05) is 4.90 Å². The maximum atomic E-state index is 2.56. The lowest BCUT2D eigenvalue weighted by atomic mass is 9.82. The Morgan fingerprint density at radius 2 is 0.857 bits per heavy atom. The van der Waals surface area contributed by atoms with Gasteiger partial charge >= 0.3 is 0 Å². The molecule has 0 radical (unpaired) electrons. The van der Waals surface area contributed by atoms with Gasteiger partial charge in [0.25, 0.3) is 0 Å². The van der Waals surface area contributed by atoms with Crippen molar-refractivity contribution in [1.82, 2.24) is 0 Å². The second-order valence-electron chi connectivity index (χ2n) is 16.5. The van der Waals surface area contributed by atoms with Gasteiger partial charge in [0.05, 0.1) is 17.1 Å². The van der Waals surface area contributed by atoms with Gasteiger partial charge in [0, 0.05) is 47.7 Å². The fraction of sp³-hybridized carbons (Fsp3) is 0.111. The average Bonchev–Trinajstić information content (AvgIpc) is 3.81. The quantitative estimate of drug-likeness (QED) is 0.170. The summed E-state index contributed by atoms with van der Waals surface area (Å²) in [4.78, 5) is 2.56. The minimum atomic E-state index is -0.127. The van der Waals surface area contributed by atoms with Crippen LogP contribution in [0.2, 0.25) is 0 Å². The molecule has 0 saturated carbocycles. The molecule has 2 aliphatic carbocycles. The molecule has 0 spiro atoms. The first kappa shape index (κ1) is 33.1. The molecule has 0 fully saturated rings. The van der Waals surface area contributed by atoms with E-state index in [1.54, 1.807) is 0 Å². The highest BCUT2D eigenvalue weighted by atomic mass is 32.1. The molecular weight excluding hydrogens is 695 g/mol. The molecule has 56 heavy (non-hydrogen) atoms. The Balaban J connectivity index is 1.18. The van der Waals surface area contributed by atoms with Crippen LogP contribution in [0.25, 0.3) is 64.7 Å². The second-order valence-corrected chi connectivity index (χ2v) is 17.6. The van der Waals surface area contributed by atoms with Crippen LogP contribution in [0.15, 0.2) is 176 Å². The van der Waals surface area contributed by atoms with Gasteiger partial charge in [-0.1, -0.05) is 161 Å². The molecule has 1 nitrogen and oxygen atoms in total. The Morgan fingerprint density at radius 3 is 1.61 bits per heavy atom. The molecule has 2 aliphatic rings. The molecule has 0 N–H and O–H groups in total. The molecule has 0 saturated heterocycles. The predicted octanol–water partition coefficient (Wildman–Crippen LogP) is 15.5. The number of benzene rings is 8. The van der Waals surface area contributed by atoms with Crippen molar-refractivity contribution in [3.8, 4) is 44.5 Å². The lowest BCUT2D eigenvalue weighted by Gasteiger charge is -2.32. The van der Waals surface area contributed by atoms with Crippen molar-refractivity contribution in [3.05, 3.63) is 198 Å². The largest absolute Gasteiger partial charge is 0.309 e. The number of nitrogens with zero attached hydrogens (tertiary/aromatic N) is 1. The number of thiophene rings is 1. The molecule has 11 rings (SSSR count). The second kappa shape index (κ2) is 12.1. The highest BCUT2D eigenvalue weighted by Crippen LogP contribution is 2.56. The van der Waals surface area contributed by atoms with Gasteiger partial charge in [-0.2, -0.15) is 0 Å². The van der Waals surface area contributed by atoms with Crippen LogP contribution < -0.4 is 4.90 Å². The van der Waals surface area contributed by atoms with Crippen LogP contribution >= 0.6 is 11.3 Å². The zero-order valence-corrected chi connectivity index (χ0v) is 32.9. The van der Waals surface area contributed by atoms with Gasteiger partial charge in [-0.25, -0.2) is 0 Å². The van der Waals surface area contributed by atoms with Gasteiger partial charge in [-0.3, -0.25) is 0 Å². The highest BCUT2D eigenvalue weighted by Gasteiger charge is 2.39. The minimum absolute atomic E-state index is 0.0470. The van der Waals surface area contributed by atoms with E-state index < -0.39 is 0 Å². The third-order valence-electron chi connectivity index (χ3n) is 12.7. The van der Waals surface area contributed by atoms with Crippen molar-refractivity contribution in [3.63, 3.8) is 0 Å². The lowest BCUT2D eigenvalue weighted by Crippen LogP contribution is -2.16. The van der Waals surface area contributed by atoms with Crippen LogP contribution in [0.5, 0.6) is 0 Å². The lowest BCUT2D eigenvalue weighted by molar-refractivity contribution is 0.660. The molecule has 1 heterocycles. The summed E-state index contributed by atoms with van der Waals surface area (Å²) < 4.78 is 2.64. The molecule has 2 heteroatoms. The van der Waals surface area contributed by atoms with Gasteiger partial charge in [0.1, 0.15) is 0 Å². The monoisotopic (exact) mass is 735 g/mol. The van der Waals surface area contributed by atoms with Gasteiger partial charge in [0.2, 0.25) is 0 Å². The normalized spacial score (nSPS) is 14.4. The maximum Gasteiger partial charge on any atom is 0.0543 e. The summed E-state index contributed by atoms with van der Waals surface area (Å²) in [5.74, 6) is 0. The summed E-state index contributed by atoms with van der Waals surface area (Å²) in [5, 5.41) is 2.62. The minimum Gasteiger partial charge on any atom is -0.309 e. The van der Waals surface area contributed by atoms with Crippen LogP contribution in [0, 0.1) is 0 Å². The van der Waals surface area contributed by atoms with Crippen molar-refractivity contribution < 1.29 is 0 Å². The van der Waals surface area contributed by atoms with Gasteiger partial charge in [0.15, 0.2) is 0 Å². The Hall–Kier alpha value is -6.22. The van der Waals surface area contributed by atoms with Gasteiger partial charge in [-0.15, -0.1) is 11.3 Å². The van der Waals surface area contributed by atoms with Crippen LogP contribution in [-0.2, 0) is 10.8 Å². The summed E-state index contributed by atoms with van der Waals surface area (Å²) in [6, 6.07) is 65.9. The SMILES string of the molecule is CC1(C)c2ccccc2-c2cc(-c3ccccc3N(c3ccccc3-c3ccc4sc5ccccc5c4c3)c3cccc4c3-c3ccccc3C4(C)C)ccc21. The van der Waals surface area contributed by atoms with E-state index in [1.807, 2.05) is 11.3 Å². The number of fused-ring (bicyclic) bond motifs is 9. The van der Waals surface area contributed by atoms with E-state index in [4.69, 9.17) is 0 Å². The van der Waals surface area contributed by atoms with E-state index in [0.29, 0.717) is 0 Å². The molecule has 0 bridgehead atoms. The molecule has 1 aromatic heterocycles. The Bertz CT molecular complexity index is 3050. The zero-order chi connectivity index (χ0) is 37.8. The van der Waals surface area contributed by atoms with Crippen LogP contribution in [0.1, 0.15) is 49.9 Å². The number of anilines is 3. The molecule has 0 atom stereocenters. The van der Waals surface area contributed by atoms with Crippen molar-refractivity contribution in [2.24, 2.45) is 0 Å². The Labute approximate surface area is 333 Å². The van der Waals surface area contributed by atoms with E-state index in [-0.39, 0.29) is 10.8 Å². The fourth-order valence-electron chi connectivity index (χ4n) is 9.92. The number of hydrogen-bond donors (Lipinski definition) is 0. The van der Waals surface area contributed by atoms with E-state index >= 15 is 0 Å². The molecule has 0 amide bonds. The highest BCUT2D eigenvalue weighted by molar-refractivity contribution is 7.25. The molecule has 0 unspecified atom stereocenters. The van der Waals surface area contributed by atoms with E-state index in [1.165, 1.54) is 92.6 Å². The third-order valence-corrected chi connectivity index (χ3v) is 13.9. The first-order valence-electron chi connectivity index (χ1n) is 19.7. The number of rotatable bonds is 5. The zero-order valence-electron chi connectivity index (χ0n) is 32.1. The van der Waals surface area contributed by atoms with Crippen LogP contribution in [0.3, 0.4) is 0 Å². The van der Waals surface area contributed by atoms with E-state index in [2.05, 4.69) is 209 Å². The van der Waals surface area contributed by atoms with E-state index in [0.717, 1.165) is 11.4 Å². The smallest absolute Gasteiger partial charge is 0.0543 e. The van der Waals surface area contributed by atoms with Crippen molar-refractivity contribution in [1.29, 1.82) is 0 Å². The van der Waals surface area contributed by atoms with Gasteiger partial charge in [-0.05, 0) is 92.5 Å². The van der Waals surface area contributed by atoms with Crippen molar-refractivity contribution in [2.45, 2.75) is 38.5 Å². The fourth-order valence-corrected chi connectivity index (χ4v) is 11.0. The molecule has 268 valence electrons. The summed E-state index contributed by atoms with van der Waals surface area (Å²) in [6.07, 6.45) is 0. The van der Waals surface area contributed by atoms with Crippen LogP contribution in [-0.4, -0.2) is 0 Å². The molecule has 9 aromatic rings. The van der Waals surface area contributed by atoms with E-state index in [9.17, 15) is 0 Å². The first-order chi connectivity index (χ1) is 27.3. The van der Waals surface area contributed by atoms with Gasteiger partial charge < -0.3 is 4.90 Å². The third kappa shape index (κ3) is 4.72.